The fraction of sp³-hybridized carbons (Fsp3) is 0.500. The van der Waals surface area contributed by atoms with E-state index in [1.54, 1.807) is 0 Å². The van der Waals surface area contributed by atoms with Gasteiger partial charge in [-0.3, -0.25) is 0 Å². The lowest BCUT2D eigenvalue weighted by Gasteiger charge is -2.01. The zero-order valence-electron chi connectivity index (χ0n) is 8.64. The Hall–Kier alpha value is -0.820. The fourth-order valence-electron chi connectivity index (χ4n) is 1.39. The molecule has 0 spiro atoms. The quantitative estimate of drug-likeness (QED) is 0.681. The average molecular weight is 177 g/mol. The second-order valence-electron chi connectivity index (χ2n) is 3.55. The van der Waals surface area contributed by atoms with Gasteiger partial charge in [-0.15, -0.1) is 0 Å². The topological polar surface area (TPSA) is 12.0 Å². The number of rotatable bonds is 5. The molecule has 0 aliphatic carbocycles. The molecule has 0 fully saturated rings. The van der Waals surface area contributed by atoms with Crippen LogP contribution in [0.25, 0.3) is 0 Å². The highest BCUT2D eigenvalue weighted by Crippen LogP contribution is 2.06. The van der Waals surface area contributed by atoms with E-state index >= 15 is 0 Å². The standard InChI is InChI=1S/C12H19N/c1-11-6-8-12(9-7-11)5-3-4-10-13-2/h6-9,13H,3-5,10H2,1-2H3. The molecule has 0 atom stereocenters. The molecule has 0 unspecified atom stereocenters. The van der Waals surface area contributed by atoms with Crippen LogP contribution >= 0.6 is 0 Å². The van der Waals surface area contributed by atoms with Gasteiger partial charge in [-0.25, -0.2) is 0 Å². The number of unbranched alkanes of at least 4 members (excludes halogenated alkanes) is 1. The number of aryl methyl sites for hydroxylation is 2. The summed E-state index contributed by atoms with van der Waals surface area (Å²) in [5.74, 6) is 0. The summed E-state index contributed by atoms with van der Waals surface area (Å²) >= 11 is 0. The molecule has 13 heavy (non-hydrogen) atoms. The van der Waals surface area contributed by atoms with Crippen LogP contribution in [0.2, 0.25) is 0 Å². The number of hydrogen-bond donors (Lipinski definition) is 1. The van der Waals surface area contributed by atoms with Crippen molar-refractivity contribution in [2.45, 2.75) is 26.2 Å². The average Bonchev–Trinajstić information content (AvgIpc) is 2.15. The monoisotopic (exact) mass is 177 g/mol. The molecule has 1 rings (SSSR count). The van der Waals surface area contributed by atoms with E-state index in [0.717, 1.165) is 6.54 Å². The van der Waals surface area contributed by atoms with Gasteiger partial charge in [0.2, 0.25) is 0 Å². The van der Waals surface area contributed by atoms with E-state index in [2.05, 4.69) is 36.5 Å². The lowest BCUT2D eigenvalue weighted by atomic mass is 10.1. The molecule has 0 aliphatic heterocycles. The zero-order valence-corrected chi connectivity index (χ0v) is 8.64. The molecule has 1 nitrogen and oxygen atoms in total. The summed E-state index contributed by atoms with van der Waals surface area (Å²) in [5, 5.41) is 3.16. The van der Waals surface area contributed by atoms with E-state index in [-0.39, 0.29) is 0 Å². The Balaban J connectivity index is 2.25. The van der Waals surface area contributed by atoms with Gasteiger partial charge in [0.05, 0.1) is 0 Å². The maximum atomic E-state index is 3.16. The van der Waals surface area contributed by atoms with Crippen molar-refractivity contribution in [3.05, 3.63) is 35.4 Å². The lowest BCUT2D eigenvalue weighted by Crippen LogP contribution is -2.07. The third-order valence-corrected chi connectivity index (χ3v) is 2.26. The maximum Gasteiger partial charge on any atom is -0.00518 e. The molecule has 0 saturated carbocycles. The molecular weight excluding hydrogens is 158 g/mol. The third-order valence-electron chi connectivity index (χ3n) is 2.26. The Bertz CT molecular complexity index is 225. The van der Waals surface area contributed by atoms with Crippen LogP contribution < -0.4 is 5.32 Å². The van der Waals surface area contributed by atoms with Crippen molar-refractivity contribution >= 4 is 0 Å². The fourth-order valence-corrected chi connectivity index (χ4v) is 1.39. The van der Waals surface area contributed by atoms with E-state index in [4.69, 9.17) is 0 Å². The minimum atomic E-state index is 1.13. The van der Waals surface area contributed by atoms with Crippen LogP contribution in [0.15, 0.2) is 24.3 Å². The highest BCUT2D eigenvalue weighted by Gasteiger charge is 1.92. The summed E-state index contributed by atoms with van der Waals surface area (Å²) in [5.41, 5.74) is 2.81. The van der Waals surface area contributed by atoms with Crippen molar-refractivity contribution in [2.24, 2.45) is 0 Å². The van der Waals surface area contributed by atoms with Crippen molar-refractivity contribution in [1.29, 1.82) is 0 Å². The van der Waals surface area contributed by atoms with Crippen molar-refractivity contribution < 1.29 is 0 Å². The van der Waals surface area contributed by atoms with Gasteiger partial charge in [0, 0.05) is 0 Å². The number of nitrogens with one attached hydrogen (secondary N) is 1. The first kappa shape index (κ1) is 10.3. The first-order valence-electron chi connectivity index (χ1n) is 5.03. The van der Waals surface area contributed by atoms with Crippen LogP contribution in [-0.4, -0.2) is 13.6 Å². The van der Waals surface area contributed by atoms with Gasteiger partial charge in [-0.05, 0) is 45.3 Å². The minimum Gasteiger partial charge on any atom is -0.320 e. The zero-order chi connectivity index (χ0) is 9.52. The van der Waals surface area contributed by atoms with Crippen molar-refractivity contribution in [3.63, 3.8) is 0 Å². The third kappa shape index (κ3) is 4.09. The molecule has 0 aliphatic rings. The van der Waals surface area contributed by atoms with Crippen molar-refractivity contribution in [1.82, 2.24) is 5.32 Å². The predicted molar refractivity (Wildman–Crippen MR) is 58.0 cm³/mol. The van der Waals surface area contributed by atoms with Crippen LogP contribution in [0.3, 0.4) is 0 Å². The van der Waals surface area contributed by atoms with Gasteiger partial charge in [-0.2, -0.15) is 0 Å². The molecule has 1 N–H and O–H groups in total. The Kier molecular flexibility index (Phi) is 4.55. The molecule has 0 radical (unpaired) electrons. The maximum absolute atomic E-state index is 3.16. The van der Waals surface area contributed by atoms with E-state index in [9.17, 15) is 0 Å². The second-order valence-corrected chi connectivity index (χ2v) is 3.55. The van der Waals surface area contributed by atoms with Gasteiger partial charge in [0.25, 0.3) is 0 Å². The summed E-state index contributed by atoms with van der Waals surface area (Å²) in [6, 6.07) is 8.84. The molecule has 1 heteroatoms. The minimum absolute atomic E-state index is 1.13. The van der Waals surface area contributed by atoms with Crippen LogP contribution in [-0.2, 0) is 6.42 Å². The van der Waals surface area contributed by atoms with Crippen LogP contribution in [0.5, 0.6) is 0 Å². The van der Waals surface area contributed by atoms with Crippen LogP contribution in [0.4, 0.5) is 0 Å². The van der Waals surface area contributed by atoms with Crippen molar-refractivity contribution in [3.8, 4) is 0 Å². The highest BCUT2D eigenvalue weighted by molar-refractivity contribution is 5.21. The molecule has 0 aromatic heterocycles. The van der Waals surface area contributed by atoms with E-state index in [1.807, 2.05) is 7.05 Å². The van der Waals surface area contributed by atoms with Gasteiger partial charge in [0.1, 0.15) is 0 Å². The summed E-state index contributed by atoms with van der Waals surface area (Å²) in [6.07, 6.45) is 3.76. The predicted octanol–water partition coefficient (Wildman–Crippen LogP) is 2.54. The molecular formula is C12H19N. The van der Waals surface area contributed by atoms with Gasteiger partial charge >= 0.3 is 0 Å². The smallest absolute Gasteiger partial charge is 0.00518 e. The van der Waals surface area contributed by atoms with E-state index < -0.39 is 0 Å². The number of benzene rings is 1. The molecule has 72 valence electrons. The largest absolute Gasteiger partial charge is 0.320 e. The summed E-state index contributed by atoms with van der Waals surface area (Å²) in [6.45, 7) is 3.26. The molecule has 0 amide bonds. The van der Waals surface area contributed by atoms with Crippen LogP contribution in [0, 0.1) is 6.92 Å². The highest BCUT2D eigenvalue weighted by atomic mass is 14.8. The molecule has 1 aromatic carbocycles. The Morgan fingerprint density at radius 2 is 1.77 bits per heavy atom. The van der Waals surface area contributed by atoms with E-state index in [1.165, 1.54) is 30.4 Å². The summed E-state index contributed by atoms with van der Waals surface area (Å²) in [4.78, 5) is 0. The Morgan fingerprint density at radius 1 is 1.08 bits per heavy atom. The summed E-state index contributed by atoms with van der Waals surface area (Å²) in [7, 11) is 2.01. The van der Waals surface area contributed by atoms with Gasteiger partial charge < -0.3 is 5.32 Å². The van der Waals surface area contributed by atoms with Crippen molar-refractivity contribution in [2.75, 3.05) is 13.6 Å². The Labute approximate surface area is 81.2 Å². The molecule has 1 aromatic rings. The summed E-state index contributed by atoms with van der Waals surface area (Å²) < 4.78 is 0. The normalized spacial score (nSPS) is 10.3. The molecule has 0 bridgehead atoms. The van der Waals surface area contributed by atoms with Gasteiger partial charge in [0.15, 0.2) is 0 Å². The molecule has 0 heterocycles. The van der Waals surface area contributed by atoms with Gasteiger partial charge in [-0.1, -0.05) is 29.8 Å². The van der Waals surface area contributed by atoms with Crippen LogP contribution in [0.1, 0.15) is 24.0 Å². The first-order valence-corrected chi connectivity index (χ1v) is 5.03. The first-order chi connectivity index (χ1) is 6.33. The Morgan fingerprint density at radius 3 is 2.38 bits per heavy atom. The SMILES string of the molecule is CNCCCCc1ccc(C)cc1. The molecule has 0 saturated heterocycles. The number of hydrogen-bond acceptors (Lipinski definition) is 1. The second kappa shape index (κ2) is 5.76. The van der Waals surface area contributed by atoms with E-state index in [0.29, 0.717) is 0 Å². The lowest BCUT2D eigenvalue weighted by molar-refractivity contribution is 0.677.